The first-order valence-electron chi connectivity index (χ1n) is 11.3. The van der Waals surface area contributed by atoms with E-state index in [2.05, 4.69) is 50.1 Å². The van der Waals surface area contributed by atoms with Crippen LogP contribution in [0.2, 0.25) is 0 Å². The molecular formula is C25H33FN6. The van der Waals surface area contributed by atoms with Gasteiger partial charge in [0, 0.05) is 57.2 Å². The zero-order valence-electron chi connectivity index (χ0n) is 18.7. The van der Waals surface area contributed by atoms with Crippen LogP contribution in [0.3, 0.4) is 0 Å². The fourth-order valence-electron chi connectivity index (χ4n) is 4.31. The largest absolute Gasteiger partial charge is 0.349 e. The minimum atomic E-state index is -0.614. The van der Waals surface area contributed by atoms with Crippen molar-refractivity contribution in [3.05, 3.63) is 77.1 Å². The zero-order valence-corrected chi connectivity index (χ0v) is 18.7. The maximum Gasteiger partial charge on any atom is 0.181 e. The van der Waals surface area contributed by atoms with E-state index in [-0.39, 0.29) is 5.82 Å². The first-order valence-corrected chi connectivity index (χ1v) is 11.3. The molecule has 2 aliphatic heterocycles. The van der Waals surface area contributed by atoms with E-state index in [1.54, 1.807) is 12.1 Å². The van der Waals surface area contributed by atoms with E-state index >= 15 is 0 Å². The van der Waals surface area contributed by atoms with Crippen LogP contribution in [0, 0.1) is 5.82 Å². The van der Waals surface area contributed by atoms with Gasteiger partial charge in [-0.1, -0.05) is 30.3 Å². The Kier molecular flexibility index (Phi) is 7.32. The molecule has 2 aromatic rings. The van der Waals surface area contributed by atoms with Gasteiger partial charge in [0.05, 0.1) is 0 Å². The lowest BCUT2D eigenvalue weighted by atomic mass is 10.0. The molecule has 6 nitrogen and oxygen atoms in total. The summed E-state index contributed by atoms with van der Waals surface area (Å²) in [6, 6.07) is 15.7. The molecule has 0 amide bonds. The Bertz CT molecular complexity index is 974. The number of rotatable bonds is 8. The maximum atomic E-state index is 13.4. The summed E-state index contributed by atoms with van der Waals surface area (Å²) < 4.78 is 13.4. The Morgan fingerprint density at radius 3 is 2.91 bits per heavy atom. The van der Waals surface area contributed by atoms with E-state index in [4.69, 9.17) is 5.73 Å². The summed E-state index contributed by atoms with van der Waals surface area (Å²) in [6.07, 6.45) is 4.57. The highest BCUT2D eigenvalue weighted by atomic mass is 19.1. The zero-order chi connectivity index (χ0) is 22.4. The number of aliphatic imine (C=N–C) groups is 1. The molecule has 0 aromatic heterocycles. The van der Waals surface area contributed by atoms with Crippen LogP contribution in [0.25, 0.3) is 5.70 Å². The highest BCUT2D eigenvalue weighted by Gasteiger charge is 2.25. The molecule has 2 aliphatic rings. The minimum Gasteiger partial charge on any atom is -0.349 e. The van der Waals surface area contributed by atoms with Crippen molar-refractivity contribution in [1.29, 1.82) is 0 Å². The number of nitrogens with zero attached hydrogens (tertiary/aromatic N) is 2. The molecule has 5 N–H and O–H groups in total. The van der Waals surface area contributed by atoms with Gasteiger partial charge in [-0.05, 0) is 54.3 Å². The fraction of sp³-hybridized carbons (Fsp3) is 0.400. The molecule has 0 saturated carbocycles. The average molecular weight is 437 g/mol. The summed E-state index contributed by atoms with van der Waals surface area (Å²) >= 11 is 0. The van der Waals surface area contributed by atoms with Crippen molar-refractivity contribution in [2.75, 3.05) is 32.7 Å². The SMILES string of the molecule is CC1(NCCc2cccc(F)c2)N=CC=C(c2cccc(CN3CCNCC3CN)c2)N1. The van der Waals surface area contributed by atoms with Crippen molar-refractivity contribution in [2.24, 2.45) is 10.7 Å². The minimum absolute atomic E-state index is 0.203. The normalized spacial score (nSPS) is 23.6. The molecule has 1 fully saturated rings. The summed E-state index contributed by atoms with van der Waals surface area (Å²) in [5.41, 5.74) is 10.4. The molecule has 0 spiro atoms. The van der Waals surface area contributed by atoms with Gasteiger partial charge in [0.2, 0.25) is 0 Å². The molecule has 1 saturated heterocycles. The molecule has 32 heavy (non-hydrogen) atoms. The number of piperazine rings is 1. The van der Waals surface area contributed by atoms with Gasteiger partial charge in [-0.3, -0.25) is 15.2 Å². The van der Waals surface area contributed by atoms with Gasteiger partial charge >= 0.3 is 0 Å². The van der Waals surface area contributed by atoms with E-state index in [0.717, 1.165) is 49.4 Å². The summed E-state index contributed by atoms with van der Waals surface area (Å²) in [7, 11) is 0. The predicted molar refractivity (Wildman–Crippen MR) is 129 cm³/mol. The third-order valence-electron chi connectivity index (χ3n) is 6.09. The monoisotopic (exact) mass is 436 g/mol. The van der Waals surface area contributed by atoms with Crippen molar-refractivity contribution < 1.29 is 4.39 Å². The summed E-state index contributed by atoms with van der Waals surface area (Å²) in [5, 5.41) is 10.4. The second kappa shape index (κ2) is 10.4. The average Bonchev–Trinajstić information content (AvgIpc) is 2.80. The smallest absolute Gasteiger partial charge is 0.181 e. The molecule has 2 unspecified atom stereocenters. The van der Waals surface area contributed by atoms with E-state index in [9.17, 15) is 4.39 Å². The predicted octanol–water partition coefficient (Wildman–Crippen LogP) is 2.08. The molecule has 2 atom stereocenters. The van der Waals surface area contributed by atoms with Gasteiger partial charge in [-0.15, -0.1) is 0 Å². The first kappa shape index (κ1) is 22.6. The van der Waals surface area contributed by atoms with Gasteiger partial charge in [-0.25, -0.2) is 4.39 Å². The van der Waals surface area contributed by atoms with Crippen LogP contribution >= 0.6 is 0 Å². The van der Waals surface area contributed by atoms with Crippen LogP contribution in [0.1, 0.15) is 23.6 Å². The van der Waals surface area contributed by atoms with Crippen molar-refractivity contribution in [1.82, 2.24) is 20.9 Å². The van der Waals surface area contributed by atoms with Crippen LogP contribution in [0.15, 0.2) is 59.6 Å². The highest BCUT2D eigenvalue weighted by molar-refractivity contribution is 5.86. The second-order valence-electron chi connectivity index (χ2n) is 8.63. The van der Waals surface area contributed by atoms with Gasteiger partial charge in [0.1, 0.15) is 5.82 Å². The van der Waals surface area contributed by atoms with Crippen LogP contribution in [0.5, 0.6) is 0 Å². The lowest BCUT2D eigenvalue weighted by Crippen LogP contribution is -2.54. The number of hydrogen-bond donors (Lipinski definition) is 4. The molecule has 7 heteroatoms. The fourth-order valence-corrected chi connectivity index (χ4v) is 4.31. The number of nitrogens with one attached hydrogen (secondary N) is 3. The van der Waals surface area contributed by atoms with Crippen molar-refractivity contribution in [3.8, 4) is 0 Å². The molecule has 0 aliphatic carbocycles. The first-order chi connectivity index (χ1) is 15.5. The molecule has 4 rings (SSSR count). The number of hydrogen-bond acceptors (Lipinski definition) is 6. The molecule has 170 valence electrons. The van der Waals surface area contributed by atoms with Gasteiger partial charge in [0.15, 0.2) is 5.79 Å². The Morgan fingerprint density at radius 2 is 2.06 bits per heavy atom. The Balaban J connectivity index is 1.38. The Morgan fingerprint density at radius 1 is 1.22 bits per heavy atom. The maximum absolute atomic E-state index is 13.4. The number of benzene rings is 2. The van der Waals surface area contributed by atoms with Crippen LogP contribution < -0.4 is 21.7 Å². The topological polar surface area (TPSA) is 77.7 Å². The van der Waals surface area contributed by atoms with Crippen LogP contribution in [0.4, 0.5) is 4.39 Å². The van der Waals surface area contributed by atoms with E-state index in [0.29, 0.717) is 19.1 Å². The van der Waals surface area contributed by atoms with Crippen LogP contribution in [-0.4, -0.2) is 55.7 Å². The van der Waals surface area contributed by atoms with E-state index in [1.807, 2.05) is 25.3 Å². The van der Waals surface area contributed by atoms with Crippen LogP contribution in [-0.2, 0) is 13.0 Å². The lowest BCUT2D eigenvalue weighted by molar-refractivity contribution is 0.158. The highest BCUT2D eigenvalue weighted by Crippen LogP contribution is 2.21. The standard InChI is InChI=1S/C25H33FN6/c1-25(29-10-8-19-4-3-7-22(26)15-19)30-11-9-24(31-25)21-6-2-5-20(14-21)18-32-13-12-28-17-23(32)16-27/h2-7,9,11,14-15,23,28-29,31H,8,10,12-13,16-18,27H2,1H3. The summed E-state index contributed by atoms with van der Waals surface area (Å²) in [4.78, 5) is 7.05. The molecule has 2 heterocycles. The second-order valence-corrected chi connectivity index (χ2v) is 8.63. The Labute approximate surface area is 189 Å². The quantitative estimate of drug-likeness (QED) is 0.510. The van der Waals surface area contributed by atoms with Gasteiger partial charge < -0.3 is 16.4 Å². The van der Waals surface area contributed by atoms with Crippen molar-refractivity contribution in [3.63, 3.8) is 0 Å². The number of allylic oxidation sites excluding steroid dienone is 1. The number of halogens is 1. The summed E-state index contributed by atoms with van der Waals surface area (Å²) in [5.74, 6) is -0.817. The van der Waals surface area contributed by atoms with Gasteiger partial charge in [-0.2, -0.15) is 0 Å². The molecular weight excluding hydrogens is 403 g/mol. The molecule has 2 aromatic carbocycles. The number of nitrogens with two attached hydrogens (primary N) is 1. The van der Waals surface area contributed by atoms with Gasteiger partial charge in [0.25, 0.3) is 0 Å². The third kappa shape index (κ3) is 5.81. The van der Waals surface area contributed by atoms with E-state index in [1.165, 1.54) is 11.6 Å². The third-order valence-corrected chi connectivity index (χ3v) is 6.09. The molecule has 0 bridgehead atoms. The Hall–Kier alpha value is -2.58. The molecule has 0 radical (unpaired) electrons. The summed E-state index contributed by atoms with van der Waals surface area (Å²) in [6.45, 7) is 7.20. The van der Waals surface area contributed by atoms with Crippen molar-refractivity contribution >= 4 is 11.9 Å². The lowest BCUT2D eigenvalue weighted by Gasteiger charge is -2.35. The van der Waals surface area contributed by atoms with E-state index < -0.39 is 5.79 Å². The van der Waals surface area contributed by atoms with Crippen molar-refractivity contribution in [2.45, 2.75) is 31.7 Å².